The van der Waals surface area contributed by atoms with Crippen molar-refractivity contribution in [1.82, 2.24) is 10.2 Å². The van der Waals surface area contributed by atoms with Gasteiger partial charge in [0, 0.05) is 5.75 Å². The zero-order chi connectivity index (χ0) is 22.9. The number of rotatable bonds is 9. The Morgan fingerprint density at radius 1 is 0.939 bits per heavy atom. The first-order valence-corrected chi connectivity index (χ1v) is 11.7. The van der Waals surface area contributed by atoms with Crippen LogP contribution in [0.25, 0.3) is 0 Å². The second-order valence-corrected chi connectivity index (χ2v) is 8.89. The number of para-hydroxylation sites is 1. The summed E-state index contributed by atoms with van der Waals surface area (Å²) in [6, 6.07) is 26.0. The van der Waals surface area contributed by atoms with Crippen molar-refractivity contribution in [1.29, 1.82) is 5.26 Å². The Kier molecular flexibility index (Phi) is 7.53. The molecule has 0 fully saturated rings. The third-order valence-corrected chi connectivity index (χ3v) is 6.31. The van der Waals surface area contributed by atoms with Gasteiger partial charge in [-0.3, -0.25) is 10.1 Å². The van der Waals surface area contributed by atoms with Crippen LogP contribution in [-0.2, 0) is 10.5 Å². The highest BCUT2D eigenvalue weighted by Crippen LogP contribution is 2.28. The number of anilines is 1. The SMILES string of the molecule is N#Cc1ccc(CSc2nnc(NC(=O)COc3ccc(Oc4ccccc4)cc3)s2)cc1. The summed E-state index contributed by atoms with van der Waals surface area (Å²) in [5, 5.41) is 20.1. The van der Waals surface area contributed by atoms with Gasteiger partial charge in [0.15, 0.2) is 10.9 Å². The summed E-state index contributed by atoms with van der Waals surface area (Å²) in [6.07, 6.45) is 0. The van der Waals surface area contributed by atoms with E-state index in [1.807, 2.05) is 42.5 Å². The van der Waals surface area contributed by atoms with Crippen LogP contribution < -0.4 is 14.8 Å². The summed E-state index contributed by atoms with van der Waals surface area (Å²) in [4.78, 5) is 12.2. The van der Waals surface area contributed by atoms with E-state index in [0.717, 1.165) is 15.7 Å². The van der Waals surface area contributed by atoms with Gasteiger partial charge in [-0.1, -0.05) is 53.4 Å². The van der Waals surface area contributed by atoms with Gasteiger partial charge >= 0.3 is 0 Å². The predicted octanol–water partition coefficient (Wildman–Crippen LogP) is 5.51. The van der Waals surface area contributed by atoms with Crippen LogP contribution in [0, 0.1) is 11.3 Å². The molecule has 0 atom stereocenters. The molecule has 1 heterocycles. The Morgan fingerprint density at radius 2 is 1.64 bits per heavy atom. The normalized spacial score (nSPS) is 10.3. The molecule has 0 saturated carbocycles. The number of thioether (sulfide) groups is 1. The molecule has 0 aliphatic rings. The van der Waals surface area contributed by atoms with Crippen molar-refractivity contribution >= 4 is 34.1 Å². The summed E-state index contributed by atoms with van der Waals surface area (Å²) >= 11 is 2.81. The molecule has 7 nitrogen and oxygen atoms in total. The summed E-state index contributed by atoms with van der Waals surface area (Å²) in [5.74, 6) is 2.36. The van der Waals surface area contributed by atoms with Gasteiger partial charge in [-0.05, 0) is 54.1 Å². The number of hydrogen-bond donors (Lipinski definition) is 1. The summed E-state index contributed by atoms with van der Waals surface area (Å²) < 4.78 is 12.0. The Bertz CT molecular complexity index is 1240. The van der Waals surface area contributed by atoms with Crippen molar-refractivity contribution in [3.05, 3.63) is 90.0 Å². The van der Waals surface area contributed by atoms with Gasteiger partial charge < -0.3 is 9.47 Å². The molecule has 164 valence electrons. The minimum atomic E-state index is -0.320. The lowest BCUT2D eigenvalue weighted by Crippen LogP contribution is -2.20. The predicted molar refractivity (Wildman–Crippen MR) is 128 cm³/mol. The van der Waals surface area contributed by atoms with Gasteiger partial charge in [0.1, 0.15) is 17.2 Å². The quantitative estimate of drug-likeness (QED) is 0.252. The highest BCUT2D eigenvalue weighted by atomic mass is 32.2. The molecule has 0 aliphatic heterocycles. The molecule has 0 saturated heterocycles. The van der Waals surface area contributed by atoms with E-state index in [1.165, 1.54) is 23.1 Å². The Labute approximate surface area is 199 Å². The average Bonchev–Trinajstić information content (AvgIpc) is 3.30. The van der Waals surface area contributed by atoms with E-state index < -0.39 is 0 Å². The van der Waals surface area contributed by atoms with E-state index >= 15 is 0 Å². The van der Waals surface area contributed by atoms with Gasteiger partial charge in [0.05, 0.1) is 11.6 Å². The Morgan fingerprint density at radius 3 is 2.36 bits per heavy atom. The number of benzene rings is 3. The fourth-order valence-electron chi connectivity index (χ4n) is 2.67. The van der Waals surface area contributed by atoms with Crippen LogP contribution in [0.4, 0.5) is 5.13 Å². The molecule has 0 radical (unpaired) electrons. The van der Waals surface area contributed by atoms with Crippen LogP contribution in [0.15, 0.2) is 83.2 Å². The Hall–Kier alpha value is -3.87. The maximum Gasteiger partial charge on any atom is 0.264 e. The van der Waals surface area contributed by atoms with E-state index in [4.69, 9.17) is 14.7 Å². The molecule has 0 bridgehead atoms. The van der Waals surface area contributed by atoms with Gasteiger partial charge in [-0.15, -0.1) is 10.2 Å². The molecular formula is C24H18N4O3S2. The van der Waals surface area contributed by atoms with Crippen LogP contribution in [0.2, 0.25) is 0 Å². The number of nitrogens with one attached hydrogen (secondary N) is 1. The molecule has 4 rings (SSSR count). The summed E-state index contributed by atoms with van der Waals surface area (Å²) in [5.41, 5.74) is 1.71. The molecule has 33 heavy (non-hydrogen) atoms. The number of carbonyl (C=O) groups excluding carboxylic acids is 1. The number of aromatic nitrogens is 2. The second-order valence-electron chi connectivity index (χ2n) is 6.69. The summed E-state index contributed by atoms with van der Waals surface area (Å²) in [7, 11) is 0. The van der Waals surface area contributed by atoms with Gasteiger partial charge in [-0.25, -0.2) is 0 Å². The number of ether oxygens (including phenoxy) is 2. The molecule has 1 amide bonds. The lowest BCUT2D eigenvalue weighted by Gasteiger charge is -2.08. The van der Waals surface area contributed by atoms with Crippen molar-refractivity contribution in [3.63, 3.8) is 0 Å². The van der Waals surface area contributed by atoms with Crippen molar-refractivity contribution < 1.29 is 14.3 Å². The number of carbonyl (C=O) groups is 1. The monoisotopic (exact) mass is 474 g/mol. The minimum Gasteiger partial charge on any atom is -0.484 e. The third kappa shape index (κ3) is 6.80. The first-order chi connectivity index (χ1) is 16.2. The van der Waals surface area contributed by atoms with Crippen LogP contribution >= 0.6 is 23.1 Å². The van der Waals surface area contributed by atoms with Gasteiger partial charge in [0.2, 0.25) is 5.13 Å². The molecule has 0 unspecified atom stereocenters. The molecule has 9 heteroatoms. The van der Waals surface area contributed by atoms with Crippen LogP contribution in [0.3, 0.4) is 0 Å². The second kappa shape index (κ2) is 11.1. The number of amides is 1. The van der Waals surface area contributed by atoms with E-state index in [1.54, 1.807) is 36.4 Å². The Balaban J connectivity index is 1.21. The van der Waals surface area contributed by atoms with Gasteiger partial charge in [-0.2, -0.15) is 5.26 Å². The lowest BCUT2D eigenvalue weighted by molar-refractivity contribution is -0.118. The molecular weight excluding hydrogens is 456 g/mol. The topological polar surface area (TPSA) is 97.1 Å². The highest BCUT2D eigenvalue weighted by Gasteiger charge is 2.10. The molecule has 1 N–H and O–H groups in total. The maximum absolute atomic E-state index is 12.2. The van der Waals surface area contributed by atoms with Crippen molar-refractivity contribution in [2.45, 2.75) is 10.1 Å². The van der Waals surface area contributed by atoms with Crippen molar-refractivity contribution in [2.75, 3.05) is 11.9 Å². The average molecular weight is 475 g/mol. The van der Waals surface area contributed by atoms with E-state index in [-0.39, 0.29) is 12.5 Å². The third-order valence-electron chi connectivity index (χ3n) is 4.27. The lowest BCUT2D eigenvalue weighted by atomic mass is 10.2. The first kappa shape index (κ1) is 22.3. The van der Waals surface area contributed by atoms with Crippen molar-refractivity contribution in [2.24, 2.45) is 0 Å². The fraction of sp³-hybridized carbons (Fsp3) is 0.0833. The molecule has 4 aromatic rings. The maximum atomic E-state index is 12.2. The van der Waals surface area contributed by atoms with Crippen LogP contribution in [0.1, 0.15) is 11.1 Å². The zero-order valence-corrected chi connectivity index (χ0v) is 18.9. The van der Waals surface area contributed by atoms with Crippen molar-refractivity contribution in [3.8, 4) is 23.3 Å². The van der Waals surface area contributed by atoms with E-state index in [0.29, 0.717) is 27.9 Å². The highest BCUT2D eigenvalue weighted by molar-refractivity contribution is 8.00. The minimum absolute atomic E-state index is 0.147. The van der Waals surface area contributed by atoms with E-state index in [2.05, 4.69) is 21.6 Å². The fourth-order valence-corrected chi connectivity index (χ4v) is 4.40. The van der Waals surface area contributed by atoms with E-state index in [9.17, 15) is 4.79 Å². The first-order valence-electron chi connectivity index (χ1n) is 9.89. The van der Waals surface area contributed by atoms with Crippen LogP contribution in [0.5, 0.6) is 17.2 Å². The molecule has 0 aliphatic carbocycles. The standard InChI is InChI=1S/C24H18N4O3S2/c25-14-17-6-8-18(9-7-17)16-32-24-28-27-23(33-24)26-22(29)15-30-19-10-12-21(13-11-19)31-20-4-2-1-3-5-20/h1-13H,15-16H2,(H,26,27,29). The number of hydrogen-bond acceptors (Lipinski definition) is 8. The molecule has 3 aromatic carbocycles. The van der Waals surface area contributed by atoms with Crippen LogP contribution in [-0.4, -0.2) is 22.7 Å². The molecule has 0 spiro atoms. The smallest absolute Gasteiger partial charge is 0.264 e. The van der Waals surface area contributed by atoms with Gasteiger partial charge in [0.25, 0.3) is 5.91 Å². The summed E-state index contributed by atoms with van der Waals surface area (Å²) in [6.45, 7) is -0.147. The number of nitriles is 1. The zero-order valence-electron chi connectivity index (χ0n) is 17.3. The number of nitrogens with zero attached hydrogens (tertiary/aromatic N) is 3. The molecule has 1 aromatic heterocycles. The largest absolute Gasteiger partial charge is 0.484 e.